The van der Waals surface area contributed by atoms with Gasteiger partial charge in [0.25, 0.3) is 0 Å². The zero-order chi connectivity index (χ0) is 11.3. The highest BCUT2D eigenvalue weighted by atomic mass is 14.9. The molecule has 1 aromatic heterocycles. The predicted molar refractivity (Wildman–Crippen MR) is 66.7 cm³/mol. The number of rotatable bonds is 2. The summed E-state index contributed by atoms with van der Waals surface area (Å²) in [6.45, 7) is 6.59. The second-order valence-corrected chi connectivity index (χ2v) is 5.20. The first-order valence-corrected chi connectivity index (χ1v) is 6.12. The van der Waals surface area contributed by atoms with Crippen LogP contribution in [-0.4, -0.2) is 9.97 Å². The van der Waals surface area contributed by atoms with E-state index in [1.54, 1.807) is 0 Å². The Balaban J connectivity index is 2.07. The van der Waals surface area contributed by atoms with Crippen molar-refractivity contribution >= 4 is 11.0 Å². The van der Waals surface area contributed by atoms with Crippen molar-refractivity contribution in [3.8, 4) is 0 Å². The van der Waals surface area contributed by atoms with Crippen LogP contribution in [0.3, 0.4) is 0 Å². The summed E-state index contributed by atoms with van der Waals surface area (Å²) in [6.07, 6.45) is 2.74. The summed E-state index contributed by atoms with van der Waals surface area (Å²) in [5, 5.41) is 0. The van der Waals surface area contributed by atoms with Crippen LogP contribution in [0, 0.1) is 19.8 Å². The minimum Gasteiger partial charge on any atom is -0.342 e. The molecule has 1 N–H and O–H groups in total. The van der Waals surface area contributed by atoms with Gasteiger partial charge in [0.15, 0.2) is 0 Å². The van der Waals surface area contributed by atoms with E-state index in [-0.39, 0.29) is 0 Å². The second kappa shape index (κ2) is 3.34. The summed E-state index contributed by atoms with van der Waals surface area (Å²) < 4.78 is 0. The molecular weight excluding hydrogens is 196 g/mol. The molecule has 0 saturated heterocycles. The van der Waals surface area contributed by atoms with Gasteiger partial charge in [-0.2, -0.15) is 0 Å². The largest absolute Gasteiger partial charge is 0.342 e. The van der Waals surface area contributed by atoms with Crippen LogP contribution in [0.25, 0.3) is 11.0 Å². The van der Waals surface area contributed by atoms with E-state index in [1.807, 2.05) is 0 Å². The molecule has 2 nitrogen and oxygen atoms in total. The monoisotopic (exact) mass is 214 g/mol. The molecule has 1 aromatic carbocycles. The minimum atomic E-state index is 0.591. The Hall–Kier alpha value is -1.31. The maximum atomic E-state index is 4.72. The summed E-state index contributed by atoms with van der Waals surface area (Å²) >= 11 is 0. The maximum Gasteiger partial charge on any atom is 0.110 e. The average molecular weight is 214 g/mol. The number of hydrogen-bond donors (Lipinski definition) is 1. The van der Waals surface area contributed by atoms with Crippen molar-refractivity contribution in [2.75, 3.05) is 0 Å². The van der Waals surface area contributed by atoms with Gasteiger partial charge in [0, 0.05) is 5.92 Å². The van der Waals surface area contributed by atoms with Crippen molar-refractivity contribution in [2.45, 2.75) is 39.5 Å². The lowest BCUT2D eigenvalue weighted by Crippen LogP contribution is -1.97. The van der Waals surface area contributed by atoms with Crippen LogP contribution in [0.1, 0.15) is 42.6 Å². The van der Waals surface area contributed by atoms with Gasteiger partial charge in [-0.15, -0.1) is 0 Å². The van der Waals surface area contributed by atoms with E-state index in [0.717, 1.165) is 11.4 Å². The normalized spacial score (nSPS) is 17.9. The molecule has 1 atom stereocenters. The molecular formula is C14H18N2. The molecule has 1 saturated carbocycles. The van der Waals surface area contributed by atoms with Gasteiger partial charge in [-0.3, -0.25) is 0 Å². The van der Waals surface area contributed by atoms with Crippen molar-refractivity contribution in [3.63, 3.8) is 0 Å². The van der Waals surface area contributed by atoms with Crippen molar-refractivity contribution < 1.29 is 0 Å². The number of aryl methyl sites for hydroxylation is 2. The van der Waals surface area contributed by atoms with Crippen LogP contribution >= 0.6 is 0 Å². The summed E-state index contributed by atoms with van der Waals surface area (Å²) in [7, 11) is 0. The Kier molecular flexibility index (Phi) is 2.06. The fourth-order valence-corrected chi connectivity index (χ4v) is 2.32. The third-order valence-electron chi connectivity index (χ3n) is 3.88. The average Bonchev–Trinajstić information content (AvgIpc) is 3.01. The quantitative estimate of drug-likeness (QED) is 0.811. The molecule has 0 radical (unpaired) electrons. The van der Waals surface area contributed by atoms with E-state index in [4.69, 9.17) is 4.98 Å². The molecule has 0 amide bonds. The molecule has 3 rings (SSSR count). The van der Waals surface area contributed by atoms with Crippen molar-refractivity contribution in [3.05, 3.63) is 29.1 Å². The lowest BCUT2D eigenvalue weighted by molar-refractivity contribution is 0.630. The third kappa shape index (κ3) is 1.53. The fourth-order valence-electron chi connectivity index (χ4n) is 2.32. The highest BCUT2D eigenvalue weighted by Gasteiger charge is 2.30. The van der Waals surface area contributed by atoms with E-state index in [0.29, 0.717) is 5.92 Å². The number of fused-ring (bicyclic) bond motifs is 1. The first kappa shape index (κ1) is 9.88. The van der Waals surface area contributed by atoms with Crippen molar-refractivity contribution in [2.24, 2.45) is 5.92 Å². The number of aromatic nitrogens is 2. The molecule has 1 heterocycles. The molecule has 16 heavy (non-hydrogen) atoms. The maximum absolute atomic E-state index is 4.72. The van der Waals surface area contributed by atoms with Crippen LogP contribution in [-0.2, 0) is 0 Å². The Morgan fingerprint density at radius 3 is 2.62 bits per heavy atom. The number of imidazole rings is 1. The van der Waals surface area contributed by atoms with Crippen LogP contribution < -0.4 is 0 Å². The number of hydrogen-bond acceptors (Lipinski definition) is 1. The van der Waals surface area contributed by atoms with Gasteiger partial charge < -0.3 is 4.98 Å². The van der Waals surface area contributed by atoms with Crippen molar-refractivity contribution in [1.82, 2.24) is 9.97 Å². The summed E-state index contributed by atoms with van der Waals surface area (Å²) in [5.41, 5.74) is 4.96. The molecule has 1 fully saturated rings. The molecule has 2 aromatic rings. The number of nitrogens with zero attached hydrogens (tertiary/aromatic N) is 1. The smallest absolute Gasteiger partial charge is 0.110 e. The molecule has 2 heteroatoms. The van der Waals surface area contributed by atoms with E-state index in [1.165, 1.54) is 35.3 Å². The SMILES string of the molecule is Cc1cc2nc(C(C)C3CC3)[nH]c2cc1C. The number of H-pyrrole nitrogens is 1. The van der Waals surface area contributed by atoms with Gasteiger partial charge in [-0.05, 0) is 55.9 Å². The van der Waals surface area contributed by atoms with E-state index in [9.17, 15) is 0 Å². The molecule has 1 aliphatic rings. The van der Waals surface area contributed by atoms with Crippen LogP contribution in [0.5, 0.6) is 0 Å². The first-order valence-electron chi connectivity index (χ1n) is 6.12. The van der Waals surface area contributed by atoms with Crippen LogP contribution in [0.4, 0.5) is 0 Å². The molecule has 1 unspecified atom stereocenters. The summed E-state index contributed by atoms with van der Waals surface area (Å²) in [4.78, 5) is 8.19. The first-order chi connectivity index (χ1) is 7.65. The second-order valence-electron chi connectivity index (χ2n) is 5.20. The zero-order valence-corrected chi connectivity index (χ0v) is 10.2. The Bertz CT molecular complexity index is 496. The van der Waals surface area contributed by atoms with E-state index < -0.39 is 0 Å². The number of benzene rings is 1. The molecule has 84 valence electrons. The minimum absolute atomic E-state index is 0.591. The predicted octanol–water partition coefficient (Wildman–Crippen LogP) is 3.69. The van der Waals surface area contributed by atoms with E-state index >= 15 is 0 Å². The Morgan fingerprint density at radius 1 is 1.25 bits per heavy atom. The third-order valence-corrected chi connectivity index (χ3v) is 3.88. The number of aromatic amines is 1. The summed E-state index contributed by atoms with van der Waals surface area (Å²) in [6, 6.07) is 4.39. The highest BCUT2D eigenvalue weighted by Crippen LogP contribution is 2.41. The topological polar surface area (TPSA) is 28.7 Å². The zero-order valence-electron chi connectivity index (χ0n) is 10.2. The van der Waals surface area contributed by atoms with E-state index in [2.05, 4.69) is 37.9 Å². The van der Waals surface area contributed by atoms with Crippen molar-refractivity contribution in [1.29, 1.82) is 0 Å². The van der Waals surface area contributed by atoms with Crippen LogP contribution in [0.2, 0.25) is 0 Å². The highest BCUT2D eigenvalue weighted by molar-refractivity contribution is 5.77. The fraction of sp³-hybridized carbons (Fsp3) is 0.500. The Labute approximate surface area is 96.1 Å². The molecule has 1 aliphatic carbocycles. The standard InChI is InChI=1S/C14H18N2/c1-8-6-12-13(7-9(8)2)16-14(15-12)10(3)11-4-5-11/h6-7,10-11H,4-5H2,1-3H3,(H,15,16). The molecule has 0 spiro atoms. The number of nitrogens with one attached hydrogen (secondary N) is 1. The van der Waals surface area contributed by atoms with Crippen LogP contribution in [0.15, 0.2) is 12.1 Å². The molecule has 0 bridgehead atoms. The molecule has 0 aliphatic heterocycles. The summed E-state index contributed by atoms with van der Waals surface area (Å²) in [5.74, 6) is 2.62. The van der Waals surface area contributed by atoms with Gasteiger partial charge >= 0.3 is 0 Å². The van der Waals surface area contributed by atoms with Gasteiger partial charge in [0.1, 0.15) is 5.82 Å². The lowest BCUT2D eigenvalue weighted by Gasteiger charge is -2.04. The lowest BCUT2D eigenvalue weighted by atomic mass is 10.1. The van der Waals surface area contributed by atoms with Gasteiger partial charge in [-0.25, -0.2) is 4.98 Å². The van der Waals surface area contributed by atoms with Gasteiger partial charge in [-0.1, -0.05) is 6.92 Å². The van der Waals surface area contributed by atoms with Gasteiger partial charge in [0.2, 0.25) is 0 Å². The van der Waals surface area contributed by atoms with Gasteiger partial charge in [0.05, 0.1) is 11.0 Å². The Morgan fingerprint density at radius 2 is 1.94 bits per heavy atom.